The average Bonchev–Trinajstić information content (AvgIpc) is 2.59. The number of rotatable bonds is 6. The predicted molar refractivity (Wildman–Crippen MR) is 64.8 cm³/mol. The Morgan fingerprint density at radius 2 is 2.25 bits per heavy atom. The van der Waals surface area contributed by atoms with Crippen LogP contribution >= 0.6 is 0 Å². The fraction of sp³-hybridized carbons (Fsp3) is 0.600. The SMILES string of the molecule is C[Si](C)(C)CCOCn1cnc(C(N)=O)c1. The van der Waals surface area contributed by atoms with Gasteiger partial charge in [-0.15, -0.1) is 0 Å². The largest absolute Gasteiger partial charge is 0.364 e. The Morgan fingerprint density at radius 3 is 2.75 bits per heavy atom. The third kappa shape index (κ3) is 4.58. The van der Waals surface area contributed by atoms with Crippen LogP contribution in [0.15, 0.2) is 12.5 Å². The van der Waals surface area contributed by atoms with E-state index in [4.69, 9.17) is 10.5 Å². The van der Waals surface area contributed by atoms with Crippen molar-refractivity contribution < 1.29 is 9.53 Å². The third-order valence-electron chi connectivity index (χ3n) is 2.12. The van der Waals surface area contributed by atoms with Gasteiger partial charge in [-0.2, -0.15) is 0 Å². The number of nitrogens with two attached hydrogens (primary N) is 1. The van der Waals surface area contributed by atoms with Gasteiger partial charge in [0.05, 0.1) is 6.33 Å². The molecular weight excluding hydrogens is 222 g/mol. The number of carbonyl (C=O) groups excluding carboxylic acids is 1. The number of hydrogen-bond acceptors (Lipinski definition) is 3. The van der Waals surface area contributed by atoms with Gasteiger partial charge in [-0.25, -0.2) is 4.98 Å². The van der Waals surface area contributed by atoms with Crippen molar-refractivity contribution in [2.24, 2.45) is 5.73 Å². The van der Waals surface area contributed by atoms with Crippen molar-refractivity contribution in [1.82, 2.24) is 9.55 Å². The maximum absolute atomic E-state index is 10.8. The van der Waals surface area contributed by atoms with Crippen LogP contribution in [-0.4, -0.2) is 30.1 Å². The predicted octanol–water partition coefficient (Wildman–Crippen LogP) is 1.29. The first kappa shape index (κ1) is 12.9. The molecule has 6 heteroatoms. The summed E-state index contributed by atoms with van der Waals surface area (Å²) in [6.07, 6.45) is 3.14. The lowest BCUT2D eigenvalue weighted by atomic mass is 10.5. The molecule has 0 aliphatic carbocycles. The highest BCUT2D eigenvalue weighted by molar-refractivity contribution is 6.76. The molecule has 1 rings (SSSR count). The van der Waals surface area contributed by atoms with E-state index in [1.165, 1.54) is 0 Å². The summed E-state index contributed by atoms with van der Waals surface area (Å²) in [5.74, 6) is -0.513. The summed E-state index contributed by atoms with van der Waals surface area (Å²) in [6, 6.07) is 1.13. The Morgan fingerprint density at radius 1 is 1.56 bits per heavy atom. The molecule has 90 valence electrons. The lowest BCUT2D eigenvalue weighted by molar-refractivity contribution is 0.0869. The van der Waals surface area contributed by atoms with Crippen LogP contribution in [0.1, 0.15) is 10.5 Å². The maximum atomic E-state index is 10.8. The molecule has 1 aromatic rings. The molecule has 0 radical (unpaired) electrons. The highest BCUT2D eigenvalue weighted by Gasteiger charge is 2.12. The first-order valence-corrected chi connectivity index (χ1v) is 8.98. The first-order valence-electron chi connectivity index (χ1n) is 5.28. The Hall–Kier alpha value is -1.14. The molecule has 16 heavy (non-hydrogen) atoms. The summed E-state index contributed by atoms with van der Waals surface area (Å²) in [7, 11) is -1.03. The number of amides is 1. The van der Waals surface area contributed by atoms with Crippen molar-refractivity contribution in [2.75, 3.05) is 6.61 Å². The van der Waals surface area contributed by atoms with Crippen LogP contribution in [0.3, 0.4) is 0 Å². The smallest absolute Gasteiger partial charge is 0.268 e. The van der Waals surface area contributed by atoms with Gasteiger partial charge in [-0.1, -0.05) is 19.6 Å². The van der Waals surface area contributed by atoms with Crippen molar-refractivity contribution in [2.45, 2.75) is 32.4 Å². The fourth-order valence-electron chi connectivity index (χ4n) is 1.11. The molecule has 0 atom stereocenters. The van der Waals surface area contributed by atoms with Gasteiger partial charge in [0.15, 0.2) is 0 Å². The Labute approximate surface area is 96.6 Å². The minimum Gasteiger partial charge on any atom is -0.364 e. The number of ether oxygens (including phenoxy) is 1. The highest BCUT2D eigenvalue weighted by Crippen LogP contribution is 2.07. The van der Waals surface area contributed by atoms with Crippen molar-refractivity contribution in [3.8, 4) is 0 Å². The van der Waals surface area contributed by atoms with Gasteiger partial charge in [-0.3, -0.25) is 4.79 Å². The normalized spacial score (nSPS) is 11.7. The Kier molecular flexibility index (Phi) is 4.25. The standard InChI is InChI=1S/C10H19N3O2Si/c1-16(2,3)5-4-15-8-13-6-9(10(11)14)12-7-13/h6-7H,4-5,8H2,1-3H3,(H2,11,14). The van der Waals surface area contributed by atoms with Crippen LogP contribution in [0.5, 0.6) is 0 Å². The molecule has 5 nitrogen and oxygen atoms in total. The second-order valence-electron chi connectivity index (χ2n) is 4.99. The maximum Gasteiger partial charge on any atom is 0.268 e. The van der Waals surface area contributed by atoms with Gasteiger partial charge in [0, 0.05) is 20.9 Å². The number of nitrogens with zero attached hydrogens (tertiary/aromatic N) is 2. The fourth-order valence-corrected chi connectivity index (χ4v) is 1.86. The highest BCUT2D eigenvalue weighted by atomic mass is 28.3. The number of carbonyl (C=O) groups is 1. The molecule has 0 unspecified atom stereocenters. The van der Waals surface area contributed by atoms with E-state index < -0.39 is 14.0 Å². The molecule has 0 aliphatic rings. The zero-order chi connectivity index (χ0) is 12.2. The zero-order valence-corrected chi connectivity index (χ0v) is 11.1. The van der Waals surface area contributed by atoms with Gasteiger partial charge in [-0.05, 0) is 6.04 Å². The summed E-state index contributed by atoms with van der Waals surface area (Å²) in [5, 5.41) is 0. The van der Waals surface area contributed by atoms with E-state index in [9.17, 15) is 4.79 Å². The molecule has 1 amide bonds. The number of hydrogen-bond donors (Lipinski definition) is 1. The van der Waals surface area contributed by atoms with Gasteiger partial charge in [0.2, 0.25) is 0 Å². The lowest BCUT2D eigenvalue weighted by Crippen LogP contribution is -2.21. The average molecular weight is 241 g/mol. The van der Waals surface area contributed by atoms with E-state index in [1.807, 2.05) is 0 Å². The molecule has 1 heterocycles. The second-order valence-corrected chi connectivity index (χ2v) is 10.6. The molecule has 0 aliphatic heterocycles. The van der Waals surface area contributed by atoms with Crippen LogP contribution in [-0.2, 0) is 11.5 Å². The van der Waals surface area contributed by atoms with Crippen LogP contribution in [0, 0.1) is 0 Å². The molecule has 0 bridgehead atoms. The van der Waals surface area contributed by atoms with E-state index in [2.05, 4.69) is 24.6 Å². The molecule has 0 saturated heterocycles. The third-order valence-corrected chi connectivity index (χ3v) is 3.83. The molecule has 2 N–H and O–H groups in total. The lowest BCUT2D eigenvalue weighted by Gasteiger charge is -2.15. The van der Waals surface area contributed by atoms with E-state index in [0.29, 0.717) is 6.73 Å². The minimum absolute atomic E-state index is 0.272. The van der Waals surface area contributed by atoms with Crippen molar-refractivity contribution in [1.29, 1.82) is 0 Å². The summed E-state index contributed by atoms with van der Waals surface area (Å²) < 4.78 is 7.21. The Balaban J connectivity index is 2.30. The minimum atomic E-state index is -1.03. The van der Waals surface area contributed by atoms with E-state index in [1.54, 1.807) is 17.1 Å². The summed E-state index contributed by atoms with van der Waals surface area (Å²) in [4.78, 5) is 14.6. The number of imidazole rings is 1. The van der Waals surface area contributed by atoms with Crippen LogP contribution < -0.4 is 5.73 Å². The topological polar surface area (TPSA) is 70.1 Å². The van der Waals surface area contributed by atoms with Crippen LogP contribution in [0.25, 0.3) is 0 Å². The first-order chi connectivity index (χ1) is 7.38. The van der Waals surface area contributed by atoms with Crippen molar-refractivity contribution >= 4 is 14.0 Å². The second kappa shape index (κ2) is 5.27. The van der Waals surface area contributed by atoms with Gasteiger partial charge in [0.25, 0.3) is 5.91 Å². The molecule has 0 fully saturated rings. The van der Waals surface area contributed by atoms with Crippen LogP contribution in [0.4, 0.5) is 0 Å². The van der Waals surface area contributed by atoms with Crippen molar-refractivity contribution in [3.63, 3.8) is 0 Å². The summed E-state index contributed by atoms with van der Waals surface area (Å²) in [5.41, 5.74) is 5.36. The molecule has 0 saturated carbocycles. The summed E-state index contributed by atoms with van der Waals surface area (Å²) >= 11 is 0. The zero-order valence-electron chi connectivity index (χ0n) is 10.1. The molecule has 0 spiro atoms. The summed E-state index contributed by atoms with van der Waals surface area (Å²) in [6.45, 7) is 8.08. The van der Waals surface area contributed by atoms with E-state index in [0.717, 1.165) is 12.7 Å². The van der Waals surface area contributed by atoms with Crippen molar-refractivity contribution in [3.05, 3.63) is 18.2 Å². The Bertz CT molecular complexity index is 357. The van der Waals surface area contributed by atoms with E-state index in [-0.39, 0.29) is 5.69 Å². The number of aromatic nitrogens is 2. The van der Waals surface area contributed by atoms with Gasteiger partial charge >= 0.3 is 0 Å². The van der Waals surface area contributed by atoms with Gasteiger partial charge in [0.1, 0.15) is 12.4 Å². The monoisotopic (exact) mass is 241 g/mol. The van der Waals surface area contributed by atoms with E-state index >= 15 is 0 Å². The molecular formula is C10H19N3O2Si. The van der Waals surface area contributed by atoms with Crippen LogP contribution in [0.2, 0.25) is 25.7 Å². The quantitative estimate of drug-likeness (QED) is 0.602. The molecule has 1 aromatic heterocycles. The number of primary amides is 1. The molecule has 0 aromatic carbocycles. The van der Waals surface area contributed by atoms with Gasteiger partial charge < -0.3 is 15.0 Å².